The number of ether oxygens (including phenoxy) is 2. The highest BCUT2D eigenvalue weighted by Crippen LogP contribution is 2.17. The minimum Gasteiger partial charge on any atom is -0.396 e. The van der Waals surface area contributed by atoms with Crippen molar-refractivity contribution in [2.24, 2.45) is 0 Å². The third-order valence-electron chi connectivity index (χ3n) is 2.71. The molecular formula is C11H23NO3. The summed E-state index contributed by atoms with van der Waals surface area (Å²) in [6.07, 6.45) is 1.80. The average molecular weight is 217 g/mol. The van der Waals surface area contributed by atoms with Crippen LogP contribution in [-0.2, 0) is 9.47 Å². The smallest absolute Gasteiger partial charge is 0.162 e. The van der Waals surface area contributed by atoms with Crippen LogP contribution >= 0.6 is 0 Å². The quantitative estimate of drug-likeness (QED) is 0.718. The van der Waals surface area contributed by atoms with E-state index in [-0.39, 0.29) is 12.6 Å². The SMILES string of the molecule is CCC(CCO)NC1COC(C)(C)OC1. The molecule has 0 aliphatic carbocycles. The minimum absolute atomic E-state index is 0.228. The Morgan fingerprint density at radius 3 is 2.47 bits per heavy atom. The fourth-order valence-corrected chi connectivity index (χ4v) is 1.68. The molecular weight excluding hydrogens is 194 g/mol. The predicted octanol–water partition coefficient (Wildman–Crippen LogP) is 0.888. The van der Waals surface area contributed by atoms with Crippen molar-refractivity contribution < 1.29 is 14.6 Å². The number of nitrogens with one attached hydrogen (secondary N) is 1. The van der Waals surface area contributed by atoms with Crippen LogP contribution in [0.3, 0.4) is 0 Å². The normalized spacial score (nSPS) is 24.0. The Morgan fingerprint density at radius 2 is 2.00 bits per heavy atom. The summed E-state index contributed by atoms with van der Waals surface area (Å²) in [6, 6.07) is 0.600. The molecule has 0 aromatic heterocycles. The Morgan fingerprint density at radius 1 is 1.40 bits per heavy atom. The van der Waals surface area contributed by atoms with Crippen LogP contribution in [0, 0.1) is 0 Å². The molecule has 15 heavy (non-hydrogen) atoms. The van der Waals surface area contributed by atoms with E-state index >= 15 is 0 Å². The summed E-state index contributed by atoms with van der Waals surface area (Å²) in [4.78, 5) is 0. The fourth-order valence-electron chi connectivity index (χ4n) is 1.68. The van der Waals surface area contributed by atoms with Crippen LogP contribution in [0.5, 0.6) is 0 Å². The number of rotatable bonds is 5. The summed E-state index contributed by atoms with van der Waals surface area (Å²) in [7, 11) is 0. The molecule has 1 unspecified atom stereocenters. The van der Waals surface area contributed by atoms with E-state index < -0.39 is 5.79 Å². The van der Waals surface area contributed by atoms with Gasteiger partial charge in [0.25, 0.3) is 0 Å². The highest BCUT2D eigenvalue weighted by atomic mass is 16.7. The van der Waals surface area contributed by atoms with Gasteiger partial charge in [0.05, 0.1) is 19.3 Å². The zero-order valence-electron chi connectivity index (χ0n) is 9.95. The van der Waals surface area contributed by atoms with Crippen molar-refractivity contribution in [3.63, 3.8) is 0 Å². The Kier molecular flexibility index (Phi) is 4.99. The van der Waals surface area contributed by atoms with Crippen LogP contribution in [0.25, 0.3) is 0 Å². The van der Waals surface area contributed by atoms with Gasteiger partial charge in [0.15, 0.2) is 5.79 Å². The number of aliphatic hydroxyl groups is 1. The van der Waals surface area contributed by atoms with Crippen LogP contribution in [0.2, 0.25) is 0 Å². The van der Waals surface area contributed by atoms with Crippen LogP contribution in [0.15, 0.2) is 0 Å². The van der Waals surface area contributed by atoms with Crippen molar-refractivity contribution in [2.75, 3.05) is 19.8 Å². The van der Waals surface area contributed by atoms with E-state index in [4.69, 9.17) is 14.6 Å². The number of hydrogen-bond acceptors (Lipinski definition) is 4. The molecule has 0 aromatic rings. The summed E-state index contributed by atoms with van der Waals surface area (Å²) in [5.41, 5.74) is 0. The maximum Gasteiger partial charge on any atom is 0.162 e. The van der Waals surface area contributed by atoms with Crippen LogP contribution in [-0.4, -0.2) is 42.8 Å². The molecule has 0 bridgehead atoms. The first-order chi connectivity index (χ1) is 7.07. The van der Waals surface area contributed by atoms with Crippen molar-refractivity contribution in [1.82, 2.24) is 5.32 Å². The first-order valence-corrected chi connectivity index (χ1v) is 5.72. The van der Waals surface area contributed by atoms with E-state index in [1.807, 2.05) is 13.8 Å². The molecule has 2 N–H and O–H groups in total. The van der Waals surface area contributed by atoms with Crippen molar-refractivity contribution in [3.8, 4) is 0 Å². The van der Waals surface area contributed by atoms with Crippen molar-refractivity contribution in [2.45, 2.75) is 51.5 Å². The predicted molar refractivity (Wildman–Crippen MR) is 58.7 cm³/mol. The number of hydrogen-bond donors (Lipinski definition) is 2. The van der Waals surface area contributed by atoms with Gasteiger partial charge >= 0.3 is 0 Å². The maximum absolute atomic E-state index is 8.88. The first-order valence-electron chi connectivity index (χ1n) is 5.72. The molecule has 0 radical (unpaired) electrons. The van der Waals surface area contributed by atoms with Crippen LogP contribution < -0.4 is 5.32 Å². The lowest BCUT2D eigenvalue weighted by Crippen LogP contribution is -2.51. The Balaban J connectivity index is 2.28. The Bertz CT molecular complexity index is 175. The highest BCUT2D eigenvalue weighted by molar-refractivity contribution is 4.77. The lowest BCUT2D eigenvalue weighted by atomic mass is 10.1. The fraction of sp³-hybridized carbons (Fsp3) is 1.00. The van der Waals surface area contributed by atoms with Gasteiger partial charge in [-0.25, -0.2) is 0 Å². The van der Waals surface area contributed by atoms with E-state index in [0.29, 0.717) is 19.3 Å². The standard InChI is InChI=1S/C11H23NO3/c1-4-9(5-6-13)12-10-7-14-11(2,3)15-8-10/h9-10,12-13H,4-8H2,1-3H3. The molecule has 1 atom stereocenters. The topological polar surface area (TPSA) is 50.7 Å². The van der Waals surface area contributed by atoms with Gasteiger partial charge in [-0.1, -0.05) is 6.92 Å². The van der Waals surface area contributed by atoms with E-state index in [1.54, 1.807) is 0 Å². The first kappa shape index (κ1) is 12.9. The second-order valence-corrected chi connectivity index (χ2v) is 4.50. The number of aliphatic hydroxyl groups excluding tert-OH is 1. The second-order valence-electron chi connectivity index (χ2n) is 4.50. The summed E-state index contributed by atoms with van der Waals surface area (Å²) in [5, 5.41) is 12.3. The molecule has 4 heteroatoms. The van der Waals surface area contributed by atoms with Gasteiger partial charge in [0.2, 0.25) is 0 Å². The lowest BCUT2D eigenvalue weighted by molar-refractivity contribution is -0.253. The zero-order chi connectivity index (χ0) is 11.3. The van der Waals surface area contributed by atoms with E-state index in [9.17, 15) is 0 Å². The molecule has 90 valence electrons. The van der Waals surface area contributed by atoms with Gasteiger partial charge in [-0.3, -0.25) is 0 Å². The van der Waals surface area contributed by atoms with Crippen molar-refractivity contribution in [3.05, 3.63) is 0 Å². The molecule has 0 saturated carbocycles. The van der Waals surface area contributed by atoms with Crippen LogP contribution in [0.1, 0.15) is 33.6 Å². The summed E-state index contributed by atoms with van der Waals surface area (Å²) in [5.74, 6) is -0.448. The molecule has 1 rings (SSSR count). The maximum atomic E-state index is 8.88. The summed E-state index contributed by atoms with van der Waals surface area (Å²) < 4.78 is 11.1. The van der Waals surface area contributed by atoms with E-state index in [2.05, 4.69) is 12.2 Å². The average Bonchev–Trinajstić information content (AvgIpc) is 2.20. The lowest BCUT2D eigenvalue weighted by Gasteiger charge is -2.36. The van der Waals surface area contributed by atoms with Gasteiger partial charge < -0.3 is 19.9 Å². The van der Waals surface area contributed by atoms with Crippen molar-refractivity contribution in [1.29, 1.82) is 0 Å². The molecule has 1 fully saturated rings. The molecule has 1 aliphatic rings. The molecule has 4 nitrogen and oxygen atoms in total. The second kappa shape index (κ2) is 5.80. The van der Waals surface area contributed by atoms with E-state index in [0.717, 1.165) is 12.8 Å². The van der Waals surface area contributed by atoms with E-state index in [1.165, 1.54) is 0 Å². The van der Waals surface area contributed by atoms with Gasteiger partial charge in [-0.05, 0) is 26.7 Å². The molecule has 1 saturated heterocycles. The van der Waals surface area contributed by atoms with Gasteiger partial charge in [-0.15, -0.1) is 0 Å². The molecule has 1 aliphatic heterocycles. The third kappa shape index (κ3) is 4.47. The summed E-state index contributed by atoms with van der Waals surface area (Å²) in [6.45, 7) is 7.54. The highest BCUT2D eigenvalue weighted by Gasteiger charge is 2.28. The monoisotopic (exact) mass is 217 g/mol. The molecule has 0 spiro atoms. The van der Waals surface area contributed by atoms with Crippen molar-refractivity contribution >= 4 is 0 Å². The molecule has 0 amide bonds. The minimum atomic E-state index is -0.448. The van der Waals surface area contributed by atoms with Gasteiger partial charge in [0, 0.05) is 12.6 Å². The molecule has 0 aromatic carbocycles. The van der Waals surface area contributed by atoms with Crippen LogP contribution in [0.4, 0.5) is 0 Å². The Hall–Kier alpha value is -0.160. The summed E-state index contributed by atoms with van der Waals surface area (Å²) >= 11 is 0. The van der Waals surface area contributed by atoms with Gasteiger partial charge in [0.1, 0.15) is 0 Å². The van der Waals surface area contributed by atoms with Gasteiger partial charge in [-0.2, -0.15) is 0 Å². The Labute approximate surface area is 92.0 Å². The molecule has 1 heterocycles. The largest absolute Gasteiger partial charge is 0.396 e. The zero-order valence-corrected chi connectivity index (χ0v) is 9.95. The third-order valence-corrected chi connectivity index (χ3v) is 2.71.